The lowest BCUT2D eigenvalue weighted by atomic mass is 10.2. The van der Waals surface area contributed by atoms with E-state index in [0.717, 1.165) is 23.7 Å². The van der Waals surface area contributed by atoms with E-state index in [9.17, 15) is 13.2 Å². The predicted octanol–water partition coefficient (Wildman–Crippen LogP) is 3.67. The molecule has 0 aromatic heterocycles. The maximum atomic E-state index is 13.2. The molecule has 2 aromatic carbocycles. The van der Waals surface area contributed by atoms with Gasteiger partial charge in [-0.25, -0.2) is 8.42 Å². The maximum Gasteiger partial charge on any atom is 0.243 e. The molecule has 0 bridgehead atoms. The number of carbonyl (C=O) groups excluding carboxylic acids is 1. The maximum absolute atomic E-state index is 13.2. The topological polar surface area (TPSA) is 79.0 Å². The van der Waals surface area contributed by atoms with E-state index in [-0.39, 0.29) is 16.1 Å². The van der Waals surface area contributed by atoms with Crippen LogP contribution in [0.25, 0.3) is 0 Å². The Bertz CT molecular complexity index is 1010. The summed E-state index contributed by atoms with van der Waals surface area (Å²) >= 11 is 1.46. The molecule has 0 saturated carbocycles. The number of ether oxygens (including phenoxy) is 1. The number of nitrogens with zero attached hydrogens (tertiary/aromatic N) is 2. The second-order valence-corrected chi connectivity index (χ2v) is 10.8. The first-order valence-electron chi connectivity index (χ1n) is 10.9. The normalized spacial score (nSPS) is 15.8. The quantitative estimate of drug-likeness (QED) is 0.555. The van der Waals surface area contributed by atoms with Crippen LogP contribution >= 0.6 is 11.8 Å². The highest BCUT2D eigenvalue weighted by Gasteiger charge is 2.28. The second-order valence-electron chi connectivity index (χ2n) is 7.43. The average molecular weight is 478 g/mol. The standard InChI is InChI=1S/C23H31N3O4S2/c1-4-25(5-2)22-12-11-20(32(28,29)26-13-15-30-16-14-26)17-21(22)24-23(27)18(3)31-19-9-7-6-8-10-19/h6-12,17-18H,4-5,13-16H2,1-3H3,(H,24,27). The average Bonchev–Trinajstić information content (AvgIpc) is 2.81. The Morgan fingerprint density at radius 3 is 2.41 bits per heavy atom. The lowest BCUT2D eigenvalue weighted by molar-refractivity contribution is -0.115. The largest absolute Gasteiger partial charge is 0.379 e. The zero-order valence-electron chi connectivity index (χ0n) is 18.8. The number of rotatable bonds is 9. The molecule has 1 aliphatic rings. The van der Waals surface area contributed by atoms with Crippen LogP contribution in [0.4, 0.5) is 11.4 Å². The van der Waals surface area contributed by atoms with Crippen LogP contribution in [0.1, 0.15) is 20.8 Å². The van der Waals surface area contributed by atoms with Gasteiger partial charge in [0.2, 0.25) is 15.9 Å². The SMILES string of the molecule is CCN(CC)c1ccc(S(=O)(=O)N2CCOCC2)cc1NC(=O)C(C)Sc1ccccc1. The van der Waals surface area contributed by atoms with Gasteiger partial charge in [0.1, 0.15) is 0 Å². The predicted molar refractivity (Wildman–Crippen MR) is 130 cm³/mol. The molecule has 1 N–H and O–H groups in total. The fourth-order valence-corrected chi connectivity index (χ4v) is 5.87. The molecular weight excluding hydrogens is 446 g/mol. The molecule has 3 rings (SSSR count). The zero-order chi connectivity index (χ0) is 23.1. The third-order valence-corrected chi connectivity index (χ3v) is 8.37. The van der Waals surface area contributed by atoms with Crippen molar-refractivity contribution < 1.29 is 17.9 Å². The number of nitrogens with one attached hydrogen (secondary N) is 1. The molecule has 1 atom stereocenters. The molecule has 174 valence electrons. The number of sulfonamides is 1. The van der Waals surface area contributed by atoms with Crippen molar-refractivity contribution >= 4 is 39.1 Å². The number of benzene rings is 2. The number of morpholine rings is 1. The molecule has 0 spiro atoms. The number of carbonyl (C=O) groups is 1. The summed E-state index contributed by atoms with van der Waals surface area (Å²) < 4.78 is 33.0. The van der Waals surface area contributed by atoms with E-state index < -0.39 is 10.0 Å². The van der Waals surface area contributed by atoms with Crippen LogP contribution in [0.5, 0.6) is 0 Å². The number of hydrogen-bond acceptors (Lipinski definition) is 6. The van der Waals surface area contributed by atoms with Crippen LogP contribution in [0.3, 0.4) is 0 Å². The summed E-state index contributed by atoms with van der Waals surface area (Å²) in [6, 6.07) is 14.7. The highest BCUT2D eigenvalue weighted by atomic mass is 32.2. The Morgan fingerprint density at radius 2 is 1.78 bits per heavy atom. The van der Waals surface area contributed by atoms with Gasteiger partial charge in [0.05, 0.1) is 34.7 Å². The van der Waals surface area contributed by atoms with E-state index in [1.54, 1.807) is 18.2 Å². The van der Waals surface area contributed by atoms with Crippen molar-refractivity contribution in [2.75, 3.05) is 49.6 Å². The van der Waals surface area contributed by atoms with E-state index in [1.165, 1.54) is 16.1 Å². The molecule has 1 unspecified atom stereocenters. The van der Waals surface area contributed by atoms with Crippen LogP contribution in [-0.4, -0.2) is 63.3 Å². The fraction of sp³-hybridized carbons (Fsp3) is 0.435. The number of amides is 1. The van der Waals surface area contributed by atoms with Gasteiger partial charge in [-0.3, -0.25) is 4.79 Å². The van der Waals surface area contributed by atoms with Gasteiger partial charge < -0.3 is 15.0 Å². The summed E-state index contributed by atoms with van der Waals surface area (Å²) in [7, 11) is -3.67. The summed E-state index contributed by atoms with van der Waals surface area (Å²) in [6.07, 6.45) is 0. The smallest absolute Gasteiger partial charge is 0.243 e. The van der Waals surface area contributed by atoms with E-state index in [2.05, 4.69) is 10.2 Å². The van der Waals surface area contributed by atoms with Gasteiger partial charge in [0.15, 0.2) is 0 Å². The minimum Gasteiger partial charge on any atom is -0.379 e. The zero-order valence-corrected chi connectivity index (χ0v) is 20.4. The molecule has 1 heterocycles. The van der Waals surface area contributed by atoms with E-state index in [4.69, 9.17) is 4.74 Å². The van der Waals surface area contributed by atoms with Gasteiger partial charge >= 0.3 is 0 Å². The van der Waals surface area contributed by atoms with Crippen LogP contribution in [0, 0.1) is 0 Å². The first kappa shape index (κ1) is 24.6. The van der Waals surface area contributed by atoms with Crippen LogP contribution in [0.2, 0.25) is 0 Å². The fourth-order valence-electron chi connectivity index (χ4n) is 3.54. The molecule has 1 amide bonds. The van der Waals surface area contributed by atoms with Gasteiger partial charge in [-0.05, 0) is 51.1 Å². The molecular formula is C23H31N3O4S2. The van der Waals surface area contributed by atoms with Gasteiger partial charge in [-0.1, -0.05) is 18.2 Å². The van der Waals surface area contributed by atoms with Crippen LogP contribution in [0.15, 0.2) is 58.3 Å². The Balaban J connectivity index is 1.88. The second kappa shape index (κ2) is 11.2. The molecule has 9 heteroatoms. The molecule has 0 aliphatic carbocycles. The van der Waals surface area contributed by atoms with Gasteiger partial charge in [0, 0.05) is 31.1 Å². The molecule has 1 fully saturated rings. The Morgan fingerprint density at radius 1 is 1.12 bits per heavy atom. The van der Waals surface area contributed by atoms with Crippen molar-refractivity contribution in [3.05, 3.63) is 48.5 Å². The Labute approximate surface area is 195 Å². The first-order chi connectivity index (χ1) is 15.4. The molecule has 0 radical (unpaired) electrons. The van der Waals surface area contributed by atoms with Crippen molar-refractivity contribution in [1.29, 1.82) is 0 Å². The van der Waals surface area contributed by atoms with Gasteiger partial charge in [-0.15, -0.1) is 11.8 Å². The van der Waals surface area contributed by atoms with Crippen LogP contribution in [-0.2, 0) is 19.6 Å². The Kier molecular flexibility index (Phi) is 8.58. The van der Waals surface area contributed by atoms with Crippen molar-refractivity contribution in [3.8, 4) is 0 Å². The summed E-state index contributed by atoms with van der Waals surface area (Å²) in [5.74, 6) is -0.173. The summed E-state index contributed by atoms with van der Waals surface area (Å²) in [4.78, 5) is 16.3. The summed E-state index contributed by atoms with van der Waals surface area (Å²) in [5.41, 5.74) is 1.31. The Hall–Kier alpha value is -2.07. The molecule has 7 nitrogen and oxygen atoms in total. The van der Waals surface area contributed by atoms with Gasteiger partial charge in [-0.2, -0.15) is 4.31 Å². The number of anilines is 2. The highest BCUT2D eigenvalue weighted by molar-refractivity contribution is 8.00. The van der Waals surface area contributed by atoms with E-state index in [0.29, 0.717) is 32.0 Å². The minimum absolute atomic E-state index is 0.173. The lowest BCUT2D eigenvalue weighted by Gasteiger charge is -2.28. The molecule has 1 saturated heterocycles. The highest BCUT2D eigenvalue weighted by Crippen LogP contribution is 2.32. The van der Waals surface area contributed by atoms with Crippen molar-refractivity contribution in [3.63, 3.8) is 0 Å². The summed E-state index contributed by atoms with van der Waals surface area (Å²) in [6.45, 7) is 8.80. The minimum atomic E-state index is -3.67. The monoisotopic (exact) mass is 477 g/mol. The third-order valence-electron chi connectivity index (χ3n) is 5.36. The molecule has 1 aliphatic heterocycles. The first-order valence-corrected chi connectivity index (χ1v) is 13.2. The number of hydrogen-bond donors (Lipinski definition) is 1. The van der Waals surface area contributed by atoms with Gasteiger partial charge in [0.25, 0.3) is 0 Å². The van der Waals surface area contributed by atoms with E-state index in [1.807, 2.05) is 51.1 Å². The lowest BCUT2D eigenvalue weighted by Crippen LogP contribution is -2.40. The molecule has 32 heavy (non-hydrogen) atoms. The summed E-state index contributed by atoms with van der Waals surface area (Å²) in [5, 5.41) is 2.64. The van der Waals surface area contributed by atoms with Crippen LogP contribution < -0.4 is 10.2 Å². The van der Waals surface area contributed by atoms with Crippen molar-refractivity contribution in [2.24, 2.45) is 0 Å². The van der Waals surface area contributed by atoms with Crippen molar-refractivity contribution in [2.45, 2.75) is 35.8 Å². The van der Waals surface area contributed by atoms with E-state index >= 15 is 0 Å². The number of thioether (sulfide) groups is 1. The third kappa shape index (κ3) is 5.83. The van der Waals surface area contributed by atoms with Crippen molar-refractivity contribution in [1.82, 2.24) is 4.31 Å². The molecule has 2 aromatic rings.